The van der Waals surface area contributed by atoms with E-state index in [2.05, 4.69) is 0 Å². The lowest BCUT2D eigenvalue weighted by molar-refractivity contribution is -0.137. The van der Waals surface area contributed by atoms with Crippen molar-refractivity contribution in [3.05, 3.63) is 65.2 Å². The van der Waals surface area contributed by atoms with E-state index in [9.17, 15) is 13.2 Å². The summed E-state index contributed by atoms with van der Waals surface area (Å²) in [5.41, 5.74) is 6.34. The summed E-state index contributed by atoms with van der Waals surface area (Å²) >= 11 is 0. The Morgan fingerprint density at radius 2 is 1.77 bits per heavy atom. The number of para-hydroxylation sites is 1. The molecule has 0 fully saturated rings. The first-order valence-electron chi connectivity index (χ1n) is 7.07. The van der Waals surface area contributed by atoms with Crippen molar-refractivity contribution >= 4 is 0 Å². The fourth-order valence-corrected chi connectivity index (χ4v) is 2.14. The van der Waals surface area contributed by atoms with E-state index in [0.717, 1.165) is 30.5 Å². The molecular formula is C17H18F3NO. The van der Waals surface area contributed by atoms with Gasteiger partial charge in [0.25, 0.3) is 0 Å². The van der Waals surface area contributed by atoms with Crippen LogP contribution in [0.25, 0.3) is 0 Å². The second-order valence-corrected chi connectivity index (χ2v) is 4.99. The van der Waals surface area contributed by atoms with Crippen LogP contribution in [0.5, 0.6) is 5.75 Å². The number of rotatable bonds is 6. The maximum atomic E-state index is 12.7. The van der Waals surface area contributed by atoms with Gasteiger partial charge in [0.2, 0.25) is 0 Å². The van der Waals surface area contributed by atoms with Crippen molar-refractivity contribution in [1.82, 2.24) is 0 Å². The van der Waals surface area contributed by atoms with Crippen molar-refractivity contribution in [2.24, 2.45) is 5.73 Å². The summed E-state index contributed by atoms with van der Waals surface area (Å²) in [5, 5.41) is 0. The van der Waals surface area contributed by atoms with Gasteiger partial charge in [0.1, 0.15) is 12.4 Å². The van der Waals surface area contributed by atoms with Gasteiger partial charge in [0.05, 0.1) is 5.56 Å². The summed E-state index contributed by atoms with van der Waals surface area (Å²) in [4.78, 5) is 0. The molecule has 0 amide bonds. The van der Waals surface area contributed by atoms with Gasteiger partial charge >= 0.3 is 6.18 Å². The van der Waals surface area contributed by atoms with Crippen LogP contribution < -0.4 is 10.5 Å². The zero-order valence-electron chi connectivity index (χ0n) is 12.1. The minimum atomic E-state index is -4.34. The molecule has 0 aliphatic heterocycles. The third-order valence-corrected chi connectivity index (χ3v) is 3.27. The Morgan fingerprint density at radius 1 is 1.00 bits per heavy atom. The van der Waals surface area contributed by atoms with Crippen LogP contribution in [-0.2, 0) is 19.2 Å². The number of hydrogen-bond donors (Lipinski definition) is 1. The Balaban J connectivity index is 2.07. The lowest BCUT2D eigenvalue weighted by Crippen LogP contribution is -2.06. The molecule has 2 aromatic rings. The average Bonchev–Trinajstić information content (AvgIpc) is 2.51. The number of alkyl halides is 3. The predicted molar refractivity (Wildman–Crippen MR) is 79.6 cm³/mol. The number of benzene rings is 2. The zero-order chi connectivity index (χ0) is 16.0. The van der Waals surface area contributed by atoms with Crippen molar-refractivity contribution in [3.8, 4) is 5.75 Å². The Labute approximate surface area is 127 Å². The van der Waals surface area contributed by atoms with Gasteiger partial charge in [0, 0.05) is 0 Å². The van der Waals surface area contributed by atoms with Crippen LogP contribution in [0.15, 0.2) is 48.5 Å². The van der Waals surface area contributed by atoms with E-state index in [4.69, 9.17) is 10.5 Å². The van der Waals surface area contributed by atoms with Crippen LogP contribution in [0.4, 0.5) is 13.2 Å². The summed E-state index contributed by atoms with van der Waals surface area (Å²) in [6.45, 7) is 0.686. The molecule has 2 N–H and O–H groups in total. The second-order valence-electron chi connectivity index (χ2n) is 4.99. The van der Waals surface area contributed by atoms with Crippen molar-refractivity contribution in [3.63, 3.8) is 0 Å². The molecule has 0 atom stereocenters. The maximum absolute atomic E-state index is 12.7. The molecule has 0 saturated carbocycles. The Morgan fingerprint density at radius 3 is 2.50 bits per heavy atom. The average molecular weight is 309 g/mol. The number of aryl methyl sites for hydroxylation is 1. The van der Waals surface area contributed by atoms with Gasteiger partial charge < -0.3 is 10.5 Å². The van der Waals surface area contributed by atoms with E-state index in [1.165, 1.54) is 6.07 Å². The van der Waals surface area contributed by atoms with E-state index >= 15 is 0 Å². The summed E-state index contributed by atoms with van der Waals surface area (Å²) in [7, 11) is 0. The minimum Gasteiger partial charge on any atom is -0.489 e. The molecule has 0 bridgehead atoms. The van der Waals surface area contributed by atoms with E-state index in [1.54, 1.807) is 6.07 Å². The third-order valence-electron chi connectivity index (χ3n) is 3.27. The first-order valence-corrected chi connectivity index (χ1v) is 7.07. The molecule has 0 aromatic heterocycles. The van der Waals surface area contributed by atoms with Gasteiger partial charge in [-0.15, -0.1) is 0 Å². The van der Waals surface area contributed by atoms with E-state index < -0.39 is 11.7 Å². The van der Waals surface area contributed by atoms with Gasteiger partial charge in [-0.05, 0) is 48.7 Å². The van der Waals surface area contributed by atoms with Gasteiger partial charge in [0.15, 0.2) is 0 Å². The van der Waals surface area contributed by atoms with Crippen molar-refractivity contribution < 1.29 is 17.9 Å². The summed E-state index contributed by atoms with van der Waals surface area (Å²) < 4.78 is 43.7. The van der Waals surface area contributed by atoms with Crippen LogP contribution in [0, 0.1) is 0 Å². The zero-order valence-corrected chi connectivity index (χ0v) is 12.1. The highest BCUT2D eigenvalue weighted by Gasteiger charge is 2.30. The van der Waals surface area contributed by atoms with E-state index in [0.29, 0.717) is 17.9 Å². The summed E-state index contributed by atoms with van der Waals surface area (Å²) in [6, 6.07) is 12.7. The van der Waals surface area contributed by atoms with Crippen molar-refractivity contribution in [1.29, 1.82) is 0 Å². The van der Waals surface area contributed by atoms with Gasteiger partial charge in [-0.1, -0.05) is 30.3 Å². The number of nitrogens with two attached hydrogens (primary N) is 1. The number of ether oxygens (including phenoxy) is 1. The first-order chi connectivity index (χ1) is 10.5. The predicted octanol–water partition coefficient (Wildman–Crippen LogP) is 4.18. The van der Waals surface area contributed by atoms with Gasteiger partial charge in [-0.3, -0.25) is 0 Å². The van der Waals surface area contributed by atoms with Crippen LogP contribution >= 0.6 is 0 Å². The molecule has 22 heavy (non-hydrogen) atoms. The summed E-state index contributed by atoms with van der Waals surface area (Å²) in [5.74, 6) is 0.688. The van der Waals surface area contributed by atoms with Crippen molar-refractivity contribution in [2.45, 2.75) is 25.6 Å². The molecule has 0 radical (unpaired) electrons. The molecule has 2 nitrogen and oxygen atoms in total. The smallest absolute Gasteiger partial charge is 0.416 e. The topological polar surface area (TPSA) is 35.2 Å². The van der Waals surface area contributed by atoms with Gasteiger partial charge in [-0.25, -0.2) is 0 Å². The molecule has 0 unspecified atom stereocenters. The summed E-state index contributed by atoms with van der Waals surface area (Å²) in [6.07, 6.45) is -2.71. The second kappa shape index (κ2) is 7.31. The highest BCUT2D eigenvalue weighted by Crippen LogP contribution is 2.30. The van der Waals surface area contributed by atoms with Crippen LogP contribution in [-0.4, -0.2) is 6.54 Å². The van der Waals surface area contributed by atoms with Crippen LogP contribution in [0.3, 0.4) is 0 Å². The molecule has 0 aliphatic carbocycles. The molecule has 118 valence electrons. The molecule has 2 rings (SSSR count). The molecule has 0 spiro atoms. The Bertz CT molecular complexity index is 611. The molecule has 0 saturated heterocycles. The van der Waals surface area contributed by atoms with Gasteiger partial charge in [-0.2, -0.15) is 13.2 Å². The highest BCUT2D eigenvalue weighted by molar-refractivity contribution is 5.34. The molecule has 5 heteroatoms. The van der Waals surface area contributed by atoms with Crippen molar-refractivity contribution in [2.75, 3.05) is 6.54 Å². The lowest BCUT2D eigenvalue weighted by Gasteiger charge is -2.12. The lowest BCUT2D eigenvalue weighted by atomic mass is 10.1. The quantitative estimate of drug-likeness (QED) is 0.869. The monoisotopic (exact) mass is 309 g/mol. The standard InChI is InChI=1S/C17H18F3NO/c18-17(19,20)15-8-3-5-13(11-15)12-22-16-9-2-1-6-14(16)7-4-10-21/h1-3,5-6,8-9,11H,4,7,10,12,21H2. The number of hydrogen-bond acceptors (Lipinski definition) is 2. The molecule has 0 aliphatic rings. The van der Waals surface area contributed by atoms with Crippen LogP contribution in [0.1, 0.15) is 23.1 Å². The molecule has 2 aromatic carbocycles. The van der Waals surface area contributed by atoms with E-state index in [-0.39, 0.29) is 6.61 Å². The van der Waals surface area contributed by atoms with Crippen LogP contribution in [0.2, 0.25) is 0 Å². The fraction of sp³-hybridized carbons (Fsp3) is 0.294. The normalized spacial score (nSPS) is 11.5. The molecule has 0 heterocycles. The minimum absolute atomic E-state index is 0.101. The third kappa shape index (κ3) is 4.49. The Kier molecular flexibility index (Phi) is 5.44. The SMILES string of the molecule is NCCCc1ccccc1OCc1cccc(C(F)(F)F)c1. The maximum Gasteiger partial charge on any atom is 0.416 e. The highest BCUT2D eigenvalue weighted by atomic mass is 19.4. The fourth-order valence-electron chi connectivity index (χ4n) is 2.14. The first kappa shape index (κ1) is 16.4. The largest absolute Gasteiger partial charge is 0.489 e. The molecular weight excluding hydrogens is 291 g/mol. The van der Waals surface area contributed by atoms with E-state index in [1.807, 2.05) is 24.3 Å². The number of halogens is 3. The Hall–Kier alpha value is -2.01.